The number of hydrogen-bond donors (Lipinski definition) is 0. The zero-order valence-electron chi connectivity index (χ0n) is 17.8. The van der Waals surface area contributed by atoms with Gasteiger partial charge in [0, 0.05) is 61.0 Å². The summed E-state index contributed by atoms with van der Waals surface area (Å²) >= 11 is 0. The van der Waals surface area contributed by atoms with Crippen LogP contribution in [0.25, 0.3) is 5.78 Å². The summed E-state index contributed by atoms with van der Waals surface area (Å²) in [5.74, 6) is -1.60. The van der Waals surface area contributed by atoms with Crippen LogP contribution in [0.3, 0.4) is 0 Å². The Labute approximate surface area is 185 Å². The fraction of sp³-hybridized carbons (Fsp3) is 0.400. The number of halogens is 3. The topological polar surface area (TPSA) is 110 Å². The van der Waals surface area contributed by atoms with Crippen LogP contribution in [-0.4, -0.2) is 61.5 Å². The molecule has 1 amide bonds. The second kappa shape index (κ2) is 8.30. The number of hydrogen-bond acceptors (Lipinski definition) is 7. The number of anilines is 1. The molecule has 33 heavy (non-hydrogen) atoms. The van der Waals surface area contributed by atoms with Gasteiger partial charge in [0.1, 0.15) is 0 Å². The summed E-state index contributed by atoms with van der Waals surface area (Å²) in [5.41, 5.74) is 2.18. The zero-order chi connectivity index (χ0) is 23.9. The molecule has 0 bridgehead atoms. The average molecular weight is 463 g/mol. The molecule has 0 unspecified atom stereocenters. The molecular formula is C20H20F3N7O3. The molecule has 1 aliphatic heterocycles. The van der Waals surface area contributed by atoms with Crippen molar-refractivity contribution in [1.29, 1.82) is 0 Å². The highest BCUT2D eigenvalue weighted by atomic mass is 19.4. The predicted molar refractivity (Wildman–Crippen MR) is 111 cm³/mol. The fourth-order valence-corrected chi connectivity index (χ4v) is 3.85. The van der Waals surface area contributed by atoms with Crippen LogP contribution in [0.2, 0.25) is 0 Å². The number of nitrogens with zero attached hydrogens (tertiary/aromatic N) is 7. The monoisotopic (exact) mass is 463 g/mol. The van der Waals surface area contributed by atoms with E-state index >= 15 is 0 Å². The van der Waals surface area contributed by atoms with Crippen molar-refractivity contribution in [2.75, 3.05) is 31.1 Å². The highest BCUT2D eigenvalue weighted by molar-refractivity contribution is 5.79. The minimum Gasteiger partial charge on any atom is -0.368 e. The van der Waals surface area contributed by atoms with Crippen LogP contribution >= 0.6 is 0 Å². The van der Waals surface area contributed by atoms with Crippen molar-refractivity contribution >= 4 is 23.1 Å². The van der Waals surface area contributed by atoms with Gasteiger partial charge in [-0.1, -0.05) is 0 Å². The predicted octanol–water partition coefficient (Wildman–Crippen LogP) is 2.56. The number of piperazine rings is 1. The zero-order valence-corrected chi connectivity index (χ0v) is 17.8. The van der Waals surface area contributed by atoms with Crippen molar-refractivity contribution in [3.63, 3.8) is 0 Å². The average Bonchev–Trinajstić information content (AvgIpc) is 3.21. The van der Waals surface area contributed by atoms with E-state index in [4.69, 9.17) is 0 Å². The summed E-state index contributed by atoms with van der Waals surface area (Å²) in [6.45, 7) is 5.22. The van der Waals surface area contributed by atoms with E-state index in [1.165, 1.54) is 12.1 Å². The fourth-order valence-electron chi connectivity index (χ4n) is 3.85. The van der Waals surface area contributed by atoms with Gasteiger partial charge in [0.05, 0.1) is 11.3 Å². The Morgan fingerprint density at radius 1 is 1.09 bits per heavy atom. The van der Waals surface area contributed by atoms with Gasteiger partial charge in [0.15, 0.2) is 0 Å². The van der Waals surface area contributed by atoms with Crippen molar-refractivity contribution in [2.24, 2.45) is 0 Å². The van der Waals surface area contributed by atoms with E-state index < -0.39 is 16.9 Å². The van der Waals surface area contributed by atoms with Crippen LogP contribution in [0.1, 0.15) is 22.8 Å². The van der Waals surface area contributed by atoms with Gasteiger partial charge in [-0.3, -0.25) is 14.9 Å². The lowest BCUT2D eigenvalue weighted by molar-refractivity contribution is -0.384. The van der Waals surface area contributed by atoms with Crippen molar-refractivity contribution in [2.45, 2.75) is 26.4 Å². The second-order valence-corrected chi connectivity index (χ2v) is 7.72. The Balaban J connectivity index is 1.45. The van der Waals surface area contributed by atoms with Crippen molar-refractivity contribution in [1.82, 2.24) is 24.5 Å². The van der Waals surface area contributed by atoms with Gasteiger partial charge < -0.3 is 9.80 Å². The summed E-state index contributed by atoms with van der Waals surface area (Å²) in [4.78, 5) is 34.5. The van der Waals surface area contributed by atoms with Crippen molar-refractivity contribution < 1.29 is 22.9 Å². The van der Waals surface area contributed by atoms with Crippen molar-refractivity contribution in [3.05, 3.63) is 57.2 Å². The lowest BCUT2D eigenvalue weighted by Crippen LogP contribution is -2.49. The number of rotatable bonds is 4. The number of non-ortho nitro benzene ring substituents is 1. The Morgan fingerprint density at radius 2 is 1.73 bits per heavy atom. The van der Waals surface area contributed by atoms with E-state index in [-0.39, 0.29) is 23.8 Å². The van der Waals surface area contributed by atoms with Crippen LogP contribution in [0.15, 0.2) is 24.3 Å². The Hall–Kier alpha value is -3.77. The van der Waals surface area contributed by atoms with Crippen LogP contribution in [0, 0.1) is 24.0 Å². The summed E-state index contributed by atoms with van der Waals surface area (Å²) in [7, 11) is 0. The number of fused-ring (bicyclic) bond motifs is 1. The maximum atomic E-state index is 13.0. The largest absolute Gasteiger partial charge is 0.453 e. The van der Waals surface area contributed by atoms with Gasteiger partial charge in [0.2, 0.25) is 5.91 Å². The molecule has 3 aromatic rings. The normalized spacial score (nSPS) is 14.7. The number of benzene rings is 1. The van der Waals surface area contributed by atoms with E-state index in [0.717, 1.165) is 10.2 Å². The van der Waals surface area contributed by atoms with E-state index in [1.54, 1.807) is 30.9 Å². The maximum Gasteiger partial charge on any atom is 0.453 e. The first-order valence-corrected chi connectivity index (χ1v) is 10.1. The number of aryl methyl sites for hydroxylation is 2. The molecule has 1 aliphatic rings. The molecule has 1 aromatic carbocycles. The van der Waals surface area contributed by atoms with Gasteiger partial charge in [-0.05, 0) is 26.0 Å². The molecule has 4 rings (SSSR count). The van der Waals surface area contributed by atoms with Crippen LogP contribution in [0.4, 0.5) is 24.5 Å². The Kier molecular flexibility index (Phi) is 5.64. The number of carbonyl (C=O) groups excluding carboxylic acids is 1. The van der Waals surface area contributed by atoms with Gasteiger partial charge in [-0.15, -0.1) is 5.10 Å². The van der Waals surface area contributed by atoms with E-state index in [9.17, 15) is 28.1 Å². The van der Waals surface area contributed by atoms with Gasteiger partial charge >= 0.3 is 6.18 Å². The molecule has 0 N–H and O–H groups in total. The molecule has 2 aromatic heterocycles. The molecule has 3 heterocycles. The Morgan fingerprint density at radius 3 is 2.30 bits per heavy atom. The molecule has 0 radical (unpaired) electrons. The number of amides is 1. The van der Waals surface area contributed by atoms with Gasteiger partial charge in [0.25, 0.3) is 17.3 Å². The third-order valence-electron chi connectivity index (χ3n) is 5.69. The Bertz CT molecular complexity index is 1220. The number of nitro benzene ring substituents is 1. The first-order valence-electron chi connectivity index (χ1n) is 10.1. The number of carbonyl (C=O) groups is 1. The lowest BCUT2D eigenvalue weighted by Gasteiger charge is -2.36. The number of alkyl halides is 3. The second-order valence-electron chi connectivity index (χ2n) is 7.72. The SMILES string of the molecule is Cc1nc2nc(C(F)(F)F)nn2c(C)c1CC(=O)N1CCN(c2ccc([N+](=O)[O-])cc2)CC1. The smallest absolute Gasteiger partial charge is 0.368 e. The molecule has 174 valence electrons. The molecule has 0 saturated carbocycles. The quantitative estimate of drug-likeness (QED) is 0.432. The third-order valence-corrected chi connectivity index (χ3v) is 5.69. The van der Waals surface area contributed by atoms with E-state index in [0.29, 0.717) is 43.1 Å². The first kappa shape index (κ1) is 22.4. The molecule has 10 nitrogen and oxygen atoms in total. The van der Waals surface area contributed by atoms with E-state index in [2.05, 4.69) is 15.1 Å². The molecule has 0 spiro atoms. The third kappa shape index (κ3) is 4.43. The maximum absolute atomic E-state index is 13.0. The van der Waals surface area contributed by atoms with Gasteiger partial charge in [-0.25, -0.2) is 9.50 Å². The lowest BCUT2D eigenvalue weighted by atomic mass is 10.1. The summed E-state index contributed by atoms with van der Waals surface area (Å²) in [6.07, 6.45) is -4.70. The highest BCUT2D eigenvalue weighted by Gasteiger charge is 2.37. The van der Waals surface area contributed by atoms with Crippen LogP contribution < -0.4 is 4.90 Å². The number of nitro groups is 1. The molecule has 0 aliphatic carbocycles. The summed E-state index contributed by atoms with van der Waals surface area (Å²) in [5, 5.41) is 14.3. The summed E-state index contributed by atoms with van der Waals surface area (Å²) < 4.78 is 39.9. The van der Waals surface area contributed by atoms with Crippen LogP contribution in [0.5, 0.6) is 0 Å². The standard InChI is InChI=1S/C20H20F3N7O3/c1-12-16(13(2)29-19(24-12)25-18(26-29)20(21,22)23)11-17(31)28-9-7-27(8-10-28)14-3-5-15(6-4-14)30(32)33/h3-6H,7-11H2,1-2H3. The minimum absolute atomic E-state index is 0.0126. The van der Waals surface area contributed by atoms with Crippen LogP contribution in [-0.2, 0) is 17.4 Å². The molecule has 0 atom stereocenters. The summed E-state index contributed by atoms with van der Waals surface area (Å²) in [6, 6.07) is 6.24. The molecule has 1 saturated heterocycles. The highest BCUT2D eigenvalue weighted by Crippen LogP contribution is 2.27. The molecule has 1 fully saturated rings. The van der Waals surface area contributed by atoms with Crippen molar-refractivity contribution in [3.8, 4) is 0 Å². The minimum atomic E-state index is -4.69. The molecule has 13 heteroatoms. The van der Waals surface area contributed by atoms with Gasteiger partial charge in [-0.2, -0.15) is 18.2 Å². The molecular weight excluding hydrogens is 443 g/mol. The number of aromatic nitrogens is 4. The first-order chi connectivity index (χ1) is 15.5. The van der Waals surface area contributed by atoms with E-state index in [1.807, 2.05) is 4.90 Å².